The van der Waals surface area contributed by atoms with Gasteiger partial charge in [0.15, 0.2) is 12.6 Å². The van der Waals surface area contributed by atoms with Gasteiger partial charge >= 0.3 is 0 Å². The SMILES string of the molecule is NCCOC(O)COCC(O)OCCN. The molecule has 0 saturated carbocycles. The Bertz CT molecular complexity index is 124. The van der Waals surface area contributed by atoms with Gasteiger partial charge in [0.05, 0.1) is 26.4 Å². The van der Waals surface area contributed by atoms with Gasteiger partial charge in [-0.05, 0) is 0 Å². The molecule has 7 nitrogen and oxygen atoms in total. The standard InChI is InChI=1S/C8H20N2O5/c9-1-3-14-7(11)5-13-6-8(12)15-4-2-10/h7-8,11-12H,1-6,9-10H2. The lowest BCUT2D eigenvalue weighted by Gasteiger charge is -2.14. The number of hydrogen-bond donors (Lipinski definition) is 4. The van der Waals surface area contributed by atoms with Crippen LogP contribution in [0.1, 0.15) is 0 Å². The minimum Gasteiger partial charge on any atom is -0.371 e. The van der Waals surface area contributed by atoms with Crippen LogP contribution in [0.4, 0.5) is 0 Å². The smallest absolute Gasteiger partial charge is 0.178 e. The average Bonchev–Trinajstić information content (AvgIpc) is 2.23. The van der Waals surface area contributed by atoms with Crippen LogP contribution in [-0.4, -0.2) is 62.3 Å². The Morgan fingerprint density at radius 3 is 1.60 bits per heavy atom. The molecule has 0 aliphatic carbocycles. The molecule has 0 aromatic rings. The fourth-order valence-corrected chi connectivity index (χ4v) is 0.774. The second-order valence-electron chi connectivity index (χ2n) is 2.77. The molecule has 0 radical (unpaired) electrons. The summed E-state index contributed by atoms with van der Waals surface area (Å²) in [6.45, 7) is 1.11. The molecular weight excluding hydrogens is 204 g/mol. The third-order valence-corrected chi connectivity index (χ3v) is 1.38. The molecule has 0 aliphatic heterocycles. The van der Waals surface area contributed by atoms with E-state index in [0.717, 1.165) is 0 Å². The van der Waals surface area contributed by atoms with Gasteiger partial charge < -0.3 is 35.9 Å². The molecule has 0 heterocycles. The second kappa shape index (κ2) is 10.2. The van der Waals surface area contributed by atoms with E-state index in [-0.39, 0.29) is 26.4 Å². The van der Waals surface area contributed by atoms with Crippen LogP contribution >= 0.6 is 0 Å². The summed E-state index contributed by atoms with van der Waals surface area (Å²) in [5, 5.41) is 18.2. The molecule has 0 fully saturated rings. The first-order valence-electron chi connectivity index (χ1n) is 4.78. The van der Waals surface area contributed by atoms with Gasteiger partial charge in [0, 0.05) is 13.1 Å². The first-order valence-corrected chi connectivity index (χ1v) is 4.78. The second-order valence-corrected chi connectivity index (χ2v) is 2.77. The van der Waals surface area contributed by atoms with E-state index in [9.17, 15) is 0 Å². The number of rotatable bonds is 10. The Balaban J connectivity index is 3.27. The maximum absolute atomic E-state index is 9.12. The fourth-order valence-electron chi connectivity index (χ4n) is 0.774. The highest BCUT2D eigenvalue weighted by atomic mass is 16.6. The quantitative estimate of drug-likeness (QED) is 0.305. The summed E-state index contributed by atoms with van der Waals surface area (Å²) in [4.78, 5) is 0. The lowest BCUT2D eigenvalue weighted by molar-refractivity contribution is -0.173. The molecule has 2 atom stereocenters. The zero-order chi connectivity index (χ0) is 11.5. The van der Waals surface area contributed by atoms with Crippen molar-refractivity contribution in [1.29, 1.82) is 0 Å². The molecule has 0 spiro atoms. The van der Waals surface area contributed by atoms with Gasteiger partial charge in [-0.15, -0.1) is 0 Å². The maximum Gasteiger partial charge on any atom is 0.178 e. The largest absolute Gasteiger partial charge is 0.371 e. The summed E-state index contributed by atoms with van der Waals surface area (Å²) < 4.78 is 14.6. The van der Waals surface area contributed by atoms with E-state index in [4.69, 9.17) is 35.9 Å². The number of hydrogen-bond acceptors (Lipinski definition) is 7. The van der Waals surface area contributed by atoms with Gasteiger partial charge in [0.1, 0.15) is 0 Å². The van der Waals surface area contributed by atoms with Crippen molar-refractivity contribution in [1.82, 2.24) is 0 Å². The van der Waals surface area contributed by atoms with E-state index in [1.165, 1.54) is 0 Å². The Labute approximate surface area is 88.9 Å². The van der Waals surface area contributed by atoms with Crippen LogP contribution in [0.15, 0.2) is 0 Å². The molecule has 0 aromatic carbocycles. The third kappa shape index (κ3) is 10.0. The van der Waals surface area contributed by atoms with Crippen molar-refractivity contribution in [3.63, 3.8) is 0 Å². The van der Waals surface area contributed by atoms with Gasteiger partial charge in [-0.1, -0.05) is 0 Å². The number of aliphatic hydroxyl groups is 2. The Morgan fingerprint density at radius 1 is 0.867 bits per heavy atom. The van der Waals surface area contributed by atoms with Gasteiger partial charge in [0.2, 0.25) is 0 Å². The lowest BCUT2D eigenvalue weighted by atomic mass is 10.6. The van der Waals surface area contributed by atoms with Crippen molar-refractivity contribution >= 4 is 0 Å². The van der Waals surface area contributed by atoms with Crippen molar-refractivity contribution in [3.05, 3.63) is 0 Å². The molecule has 0 amide bonds. The summed E-state index contributed by atoms with van der Waals surface area (Å²) in [5.41, 5.74) is 10.3. The monoisotopic (exact) mass is 224 g/mol. The van der Waals surface area contributed by atoms with Crippen LogP contribution in [0.3, 0.4) is 0 Å². The summed E-state index contributed by atoms with van der Waals surface area (Å²) in [7, 11) is 0. The predicted octanol–water partition coefficient (Wildman–Crippen LogP) is -2.41. The molecule has 15 heavy (non-hydrogen) atoms. The molecule has 2 unspecified atom stereocenters. The third-order valence-electron chi connectivity index (χ3n) is 1.38. The summed E-state index contributed by atoms with van der Waals surface area (Å²) >= 11 is 0. The van der Waals surface area contributed by atoms with E-state index in [1.807, 2.05) is 0 Å². The zero-order valence-electron chi connectivity index (χ0n) is 8.67. The molecule has 0 aromatic heterocycles. The molecule has 92 valence electrons. The first kappa shape index (κ1) is 14.7. The van der Waals surface area contributed by atoms with E-state index < -0.39 is 12.6 Å². The van der Waals surface area contributed by atoms with Crippen molar-refractivity contribution in [2.24, 2.45) is 11.5 Å². The predicted molar refractivity (Wildman–Crippen MR) is 52.8 cm³/mol. The van der Waals surface area contributed by atoms with E-state index in [1.54, 1.807) is 0 Å². The molecule has 0 rings (SSSR count). The van der Waals surface area contributed by atoms with Crippen LogP contribution in [0.25, 0.3) is 0 Å². The summed E-state index contributed by atoms with van der Waals surface area (Å²) in [6.07, 6.45) is -2.06. The molecule has 0 saturated heterocycles. The molecule has 0 aliphatic rings. The van der Waals surface area contributed by atoms with Crippen LogP contribution in [0.2, 0.25) is 0 Å². The van der Waals surface area contributed by atoms with E-state index >= 15 is 0 Å². The first-order chi connectivity index (χ1) is 7.20. The highest BCUT2D eigenvalue weighted by molar-refractivity contribution is 4.43. The van der Waals surface area contributed by atoms with Crippen LogP contribution in [0, 0.1) is 0 Å². The molecule has 7 heteroatoms. The number of ether oxygens (including phenoxy) is 3. The summed E-state index contributed by atoms with van der Waals surface area (Å²) in [6, 6.07) is 0. The fraction of sp³-hybridized carbons (Fsp3) is 1.00. The maximum atomic E-state index is 9.12. The zero-order valence-corrected chi connectivity index (χ0v) is 8.67. The number of nitrogens with two attached hydrogens (primary N) is 2. The van der Waals surface area contributed by atoms with E-state index in [2.05, 4.69) is 0 Å². The van der Waals surface area contributed by atoms with Crippen molar-refractivity contribution in [2.45, 2.75) is 12.6 Å². The Hall–Kier alpha value is -0.280. The van der Waals surface area contributed by atoms with Crippen LogP contribution in [0.5, 0.6) is 0 Å². The van der Waals surface area contributed by atoms with Gasteiger partial charge in [0.25, 0.3) is 0 Å². The Kier molecular flexibility index (Phi) is 10.1. The molecule has 6 N–H and O–H groups in total. The van der Waals surface area contributed by atoms with E-state index in [0.29, 0.717) is 13.1 Å². The van der Waals surface area contributed by atoms with Crippen molar-refractivity contribution in [3.8, 4) is 0 Å². The van der Waals surface area contributed by atoms with Crippen LogP contribution in [-0.2, 0) is 14.2 Å². The Morgan fingerprint density at radius 2 is 1.27 bits per heavy atom. The molecular formula is C8H20N2O5. The number of aliphatic hydroxyl groups excluding tert-OH is 2. The lowest BCUT2D eigenvalue weighted by Crippen LogP contribution is -2.27. The highest BCUT2D eigenvalue weighted by Crippen LogP contribution is 1.92. The minimum absolute atomic E-state index is 0.0386. The molecule has 0 bridgehead atoms. The summed E-state index contributed by atoms with van der Waals surface area (Å²) in [5.74, 6) is 0. The average molecular weight is 224 g/mol. The van der Waals surface area contributed by atoms with Gasteiger partial charge in [-0.25, -0.2) is 0 Å². The normalized spacial score (nSPS) is 15.2. The van der Waals surface area contributed by atoms with Gasteiger partial charge in [-0.3, -0.25) is 0 Å². The topological polar surface area (TPSA) is 120 Å². The highest BCUT2D eigenvalue weighted by Gasteiger charge is 2.07. The van der Waals surface area contributed by atoms with Crippen LogP contribution < -0.4 is 11.5 Å². The van der Waals surface area contributed by atoms with Gasteiger partial charge in [-0.2, -0.15) is 0 Å². The van der Waals surface area contributed by atoms with Crippen molar-refractivity contribution < 1.29 is 24.4 Å². The minimum atomic E-state index is -1.03. The van der Waals surface area contributed by atoms with Crippen molar-refractivity contribution in [2.75, 3.05) is 39.5 Å².